The molecule has 1 aliphatic rings. The SMILES string of the molecule is CCCCCCCCC(CCCCCCCC)OC(=O)CCCCCCCNCC1(CNC(=O)OC(C)(C)C)CC1. The molecule has 0 aromatic carbocycles. The monoisotopic (exact) mass is 581 g/mol. The summed E-state index contributed by atoms with van der Waals surface area (Å²) in [5.74, 6) is 0.0170. The number of rotatable bonds is 27. The van der Waals surface area contributed by atoms with E-state index in [2.05, 4.69) is 24.5 Å². The van der Waals surface area contributed by atoms with Gasteiger partial charge in [-0.25, -0.2) is 4.79 Å². The molecule has 0 atom stereocenters. The third-order valence-corrected chi connectivity index (χ3v) is 8.26. The van der Waals surface area contributed by atoms with E-state index in [9.17, 15) is 9.59 Å². The Balaban J connectivity index is 2.11. The quantitative estimate of drug-likeness (QED) is 0.0747. The Labute approximate surface area is 254 Å². The fraction of sp³-hybridized carbons (Fsp3) is 0.943. The summed E-state index contributed by atoms with van der Waals surface area (Å²) in [4.78, 5) is 24.5. The molecule has 0 aromatic heterocycles. The van der Waals surface area contributed by atoms with Crippen LogP contribution in [-0.2, 0) is 14.3 Å². The average molecular weight is 581 g/mol. The Morgan fingerprint density at radius 3 is 1.76 bits per heavy atom. The van der Waals surface area contributed by atoms with Crippen LogP contribution >= 0.6 is 0 Å². The molecule has 0 aliphatic heterocycles. The molecule has 242 valence electrons. The fourth-order valence-corrected chi connectivity index (χ4v) is 5.38. The molecule has 1 saturated carbocycles. The van der Waals surface area contributed by atoms with Crippen LogP contribution in [0.1, 0.15) is 176 Å². The zero-order valence-electron chi connectivity index (χ0n) is 27.9. The van der Waals surface area contributed by atoms with Crippen molar-refractivity contribution in [3.05, 3.63) is 0 Å². The summed E-state index contributed by atoms with van der Waals surface area (Å²) in [5, 5.41) is 6.52. The van der Waals surface area contributed by atoms with Gasteiger partial charge in [0.25, 0.3) is 0 Å². The van der Waals surface area contributed by atoms with Gasteiger partial charge in [0.05, 0.1) is 0 Å². The Morgan fingerprint density at radius 2 is 1.22 bits per heavy atom. The number of alkyl carbamates (subject to hydrolysis) is 1. The second-order valence-electron chi connectivity index (χ2n) is 13.8. The molecule has 1 rings (SSSR count). The maximum atomic E-state index is 12.6. The van der Waals surface area contributed by atoms with Crippen molar-refractivity contribution in [2.75, 3.05) is 19.6 Å². The number of carbonyl (C=O) groups excluding carboxylic acids is 2. The molecule has 0 bridgehead atoms. The molecule has 6 nitrogen and oxygen atoms in total. The van der Waals surface area contributed by atoms with Crippen molar-refractivity contribution in [2.45, 2.75) is 188 Å². The van der Waals surface area contributed by atoms with Crippen molar-refractivity contribution in [1.29, 1.82) is 0 Å². The first-order valence-electron chi connectivity index (χ1n) is 17.6. The van der Waals surface area contributed by atoms with Crippen LogP contribution in [-0.4, -0.2) is 43.4 Å². The van der Waals surface area contributed by atoms with Gasteiger partial charge in [0.2, 0.25) is 0 Å². The van der Waals surface area contributed by atoms with E-state index in [-0.39, 0.29) is 23.6 Å². The number of nitrogens with one attached hydrogen (secondary N) is 2. The first kappa shape index (κ1) is 37.7. The van der Waals surface area contributed by atoms with Crippen LogP contribution in [0.5, 0.6) is 0 Å². The average Bonchev–Trinajstić information content (AvgIpc) is 3.69. The molecule has 0 spiro atoms. The number of hydrogen-bond acceptors (Lipinski definition) is 5. The normalized spacial score (nSPS) is 14.3. The van der Waals surface area contributed by atoms with Crippen LogP contribution in [0.4, 0.5) is 4.79 Å². The van der Waals surface area contributed by atoms with Gasteiger partial charge in [0.15, 0.2) is 0 Å². The van der Waals surface area contributed by atoms with E-state index in [0.717, 1.165) is 58.0 Å². The van der Waals surface area contributed by atoms with Crippen molar-refractivity contribution in [2.24, 2.45) is 5.41 Å². The summed E-state index contributed by atoms with van der Waals surface area (Å²) < 4.78 is 11.3. The molecule has 1 aliphatic carbocycles. The zero-order valence-corrected chi connectivity index (χ0v) is 27.9. The minimum Gasteiger partial charge on any atom is -0.462 e. The zero-order chi connectivity index (χ0) is 30.2. The van der Waals surface area contributed by atoms with E-state index in [1.165, 1.54) is 89.9 Å². The molecule has 0 saturated heterocycles. The van der Waals surface area contributed by atoms with Crippen molar-refractivity contribution < 1.29 is 19.1 Å². The van der Waals surface area contributed by atoms with Gasteiger partial charge in [-0.3, -0.25) is 4.79 Å². The largest absolute Gasteiger partial charge is 0.462 e. The molecule has 1 fully saturated rings. The minimum atomic E-state index is -0.456. The number of unbranched alkanes of at least 4 members (excludes halogenated alkanes) is 14. The molecule has 6 heteroatoms. The molecule has 0 unspecified atom stereocenters. The standard InChI is InChI=1S/C35H68N2O4/c1-6-8-10-12-15-19-23-31(24-20-16-13-11-9-7-2)40-32(38)25-21-17-14-18-22-28-36-29-35(26-27-35)30-37-33(39)41-34(3,4)5/h31,36H,6-30H2,1-5H3,(H,37,39). The fourth-order valence-electron chi connectivity index (χ4n) is 5.38. The molecule has 2 N–H and O–H groups in total. The maximum absolute atomic E-state index is 12.6. The van der Waals surface area contributed by atoms with Crippen LogP contribution in [0, 0.1) is 5.41 Å². The highest BCUT2D eigenvalue weighted by atomic mass is 16.6. The highest BCUT2D eigenvalue weighted by Gasteiger charge is 2.42. The molecule has 0 heterocycles. The summed E-state index contributed by atoms with van der Waals surface area (Å²) in [5.41, 5.74) is -0.249. The molecular formula is C35H68N2O4. The van der Waals surface area contributed by atoms with Crippen LogP contribution < -0.4 is 10.6 Å². The van der Waals surface area contributed by atoms with Crippen molar-refractivity contribution in [3.8, 4) is 0 Å². The van der Waals surface area contributed by atoms with Gasteiger partial charge >= 0.3 is 12.1 Å². The van der Waals surface area contributed by atoms with Crippen molar-refractivity contribution in [3.63, 3.8) is 0 Å². The summed E-state index contributed by atoms with van der Waals surface area (Å²) in [7, 11) is 0. The number of ether oxygens (including phenoxy) is 2. The van der Waals surface area contributed by atoms with Gasteiger partial charge in [-0.15, -0.1) is 0 Å². The lowest BCUT2D eigenvalue weighted by Gasteiger charge is -2.22. The number of amides is 1. The van der Waals surface area contributed by atoms with Gasteiger partial charge in [0.1, 0.15) is 11.7 Å². The summed E-state index contributed by atoms with van der Waals surface area (Å²) >= 11 is 0. The van der Waals surface area contributed by atoms with Crippen LogP contribution in [0.2, 0.25) is 0 Å². The molecule has 1 amide bonds. The van der Waals surface area contributed by atoms with Gasteiger partial charge in [-0.1, -0.05) is 97.3 Å². The molecule has 0 aromatic rings. The Morgan fingerprint density at radius 1 is 0.707 bits per heavy atom. The lowest BCUT2D eigenvalue weighted by Crippen LogP contribution is -2.39. The number of esters is 1. The van der Waals surface area contributed by atoms with Gasteiger partial charge in [-0.05, 0) is 78.7 Å². The second-order valence-corrected chi connectivity index (χ2v) is 13.8. The second kappa shape index (κ2) is 23.2. The third kappa shape index (κ3) is 22.9. The van der Waals surface area contributed by atoms with Crippen LogP contribution in [0.15, 0.2) is 0 Å². The smallest absolute Gasteiger partial charge is 0.407 e. The minimum absolute atomic E-state index is 0.0170. The van der Waals surface area contributed by atoms with Crippen LogP contribution in [0.3, 0.4) is 0 Å². The van der Waals surface area contributed by atoms with E-state index in [1.54, 1.807) is 0 Å². The first-order valence-corrected chi connectivity index (χ1v) is 17.6. The van der Waals surface area contributed by atoms with Crippen LogP contribution in [0.25, 0.3) is 0 Å². The number of hydrogen-bond donors (Lipinski definition) is 2. The Hall–Kier alpha value is -1.30. The Kier molecular flexibility index (Phi) is 21.3. The van der Waals surface area contributed by atoms with Crippen molar-refractivity contribution in [1.82, 2.24) is 10.6 Å². The third-order valence-electron chi connectivity index (χ3n) is 8.26. The predicted molar refractivity (Wildman–Crippen MR) is 172 cm³/mol. The summed E-state index contributed by atoms with van der Waals surface area (Å²) in [6.45, 7) is 12.8. The number of carbonyl (C=O) groups is 2. The van der Waals surface area contributed by atoms with Gasteiger partial charge < -0.3 is 20.1 Å². The molecule has 0 radical (unpaired) electrons. The highest BCUT2D eigenvalue weighted by Crippen LogP contribution is 2.44. The molecule has 41 heavy (non-hydrogen) atoms. The lowest BCUT2D eigenvalue weighted by atomic mass is 10.0. The topological polar surface area (TPSA) is 76.7 Å². The first-order chi connectivity index (χ1) is 19.7. The summed E-state index contributed by atoms with van der Waals surface area (Å²) in [6.07, 6.45) is 25.7. The van der Waals surface area contributed by atoms with Gasteiger partial charge in [-0.2, -0.15) is 0 Å². The van der Waals surface area contributed by atoms with E-state index >= 15 is 0 Å². The van der Waals surface area contributed by atoms with Crippen molar-refractivity contribution >= 4 is 12.1 Å². The Bertz CT molecular complexity index is 641. The lowest BCUT2D eigenvalue weighted by molar-refractivity contribution is -0.150. The van der Waals surface area contributed by atoms with E-state index in [0.29, 0.717) is 13.0 Å². The summed E-state index contributed by atoms with van der Waals surface area (Å²) in [6, 6.07) is 0. The molecular weight excluding hydrogens is 512 g/mol. The highest BCUT2D eigenvalue weighted by molar-refractivity contribution is 5.69. The van der Waals surface area contributed by atoms with E-state index in [4.69, 9.17) is 9.47 Å². The van der Waals surface area contributed by atoms with E-state index < -0.39 is 5.60 Å². The maximum Gasteiger partial charge on any atom is 0.407 e. The predicted octanol–water partition coefficient (Wildman–Crippen LogP) is 9.63. The van der Waals surface area contributed by atoms with E-state index in [1.807, 2.05) is 20.8 Å². The van der Waals surface area contributed by atoms with Gasteiger partial charge in [0, 0.05) is 24.9 Å².